The molecule has 0 saturated carbocycles. The number of piperidine rings is 1. The predicted molar refractivity (Wildman–Crippen MR) is 140 cm³/mol. The van der Waals surface area contributed by atoms with E-state index in [-0.39, 0.29) is 23.2 Å². The van der Waals surface area contributed by atoms with Gasteiger partial charge in [0.15, 0.2) is 0 Å². The number of hydrogen-bond donors (Lipinski definition) is 1. The normalized spacial score (nSPS) is 20.1. The summed E-state index contributed by atoms with van der Waals surface area (Å²) in [4.78, 5) is 12.4. The van der Waals surface area contributed by atoms with Crippen molar-refractivity contribution in [2.45, 2.75) is 180 Å². The number of carbonyl (C=O) groups excluding carboxylic acids is 1. The van der Waals surface area contributed by atoms with Crippen LogP contribution in [0, 0.1) is 0 Å². The van der Waals surface area contributed by atoms with Crippen molar-refractivity contribution in [1.82, 2.24) is 5.06 Å². The van der Waals surface area contributed by atoms with E-state index in [1.807, 2.05) is 13.8 Å². The van der Waals surface area contributed by atoms with Gasteiger partial charge in [0, 0.05) is 30.3 Å². The SMILES string of the molecule is CCCCCCCCCCCCCCCCCC(=O)OC1CC(C)(C)N(O)C(CC)(CC)C1. The molecule has 0 aliphatic carbocycles. The Labute approximate surface area is 206 Å². The molecule has 33 heavy (non-hydrogen) atoms. The van der Waals surface area contributed by atoms with E-state index in [0.29, 0.717) is 12.8 Å². The largest absolute Gasteiger partial charge is 0.462 e. The van der Waals surface area contributed by atoms with Gasteiger partial charge in [-0.25, -0.2) is 0 Å². The van der Waals surface area contributed by atoms with Gasteiger partial charge in [0.05, 0.1) is 0 Å². The molecular formula is C29H57NO3. The van der Waals surface area contributed by atoms with Gasteiger partial charge in [0.2, 0.25) is 0 Å². The van der Waals surface area contributed by atoms with E-state index in [4.69, 9.17) is 4.74 Å². The predicted octanol–water partition coefficient (Wildman–Crippen LogP) is 8.98. The van der Waals surface area contributed by atoms with Crippen molar-refractivity contribution in [1.29, 1.82) is 0 Å². The van der Waals surface area contributed by atoms with Gasteiger partial charge in [-0.15, -0.1) is 0 Å². The van der Waals surface area contributed by atoms with E-state index < -0.39 is 0 Å². The molecule has 0 spiro atoms. The molecule has 1 unspecified atom stereocenters. The molecule has 196 valence electrons. The number of carbonyl (C=O) groups is 1. The zero-order valence-corrected chi connectivity index (χ0v) is 22.9. The van der Waals surface area contributed by atoms with Gasteiger partial charge in [-0.1, -0.05) is 111 Å². The Kier molecular flexibility index (Phi) is 15.6. The summed E-state index contributed by atoms with van der Waals surface area (Å²) in [6.45, 7) is 10.6. The lowest BCUT2D eigenvalue weighted by atomic mass is 9.75. The molecule has 0 aromatic carbocycles. The van der Waals surface area contributed by atoms with Gasteiger partial charge in [0.25, 0.3) is 0 Å². The van der Waals surface area contributed by atoms with E-state index in [2.05, 4.69) is 20.8 Å². The molecule has 0 aromatic heterocycles. The van der Waals surface area contributed by atoms with Crippen molar-refractivity contribution in [3.05, 3.63) is 0 Å². The maximum atomic E-state index is 12.4. The van der Waals surface area contributed by atoms with Crippen LogP contribution in [0.1, 0.15) is 163 Å². The summed E-state index contributed by atoms with van der Waals surface area (Å²) >= 11 is 0. The van der Waals surface area contributed by atoms with Crippen molar-refractivity contribution in [2.75, 3.05) is 0 Å². The van der Waals surface area contributed by atoms with Crippen LogP contribution in [-0.4, -0.2) is 33.4 Å². The number of ether oxygens (including phenoxy) is 1. The van der Waals surface area contributed by atoms with E-state index in [0.717, 1.165) is 32.1 Å². The minimum Gasteiger partial charge on any atom is -0.462 e. The first-order valence-corrected chi connectivity index (χ1v) is 14.5. The number of hydroxylamine groups is 2. The highest BCUT2D eigenvalue weighted by Gasteiger charge is 2.49. The van der Waals surface area contributed by atoms with Crippen molar-refractivity contribution >= 4 is 5.97 Å². The molecule has 1 atom stereocenters. The quantitative estimate of drug-likeness (QED) is 0.152. The highest BCUT2D eigenvalue weighted by atomic mass is 16.5. The fourth-order valence-corrected chi connectivity index (χ4v) is 5.68. The topological polar surface area (TPSA) is 49.8 Å². The Morgan fingerprint density at radius 2 is 1.18 bits per heavy atom. The van der Waals surface area contributed by atoms with Gasteiger partial charge < -0.3 is 9.94 Å². The summed E-state index contributed by atoms with van der Waals surface area (Å²) in [6.07, 6.45) is 23.5. The molecule has 0 radical (unpaired) electrons. The molecule has 1 rings (SSSR count). The first-order valence-electron chi connectivity index (χ1n) is 14.5. The summed E-state index contributed by atoms with van der Waals surface area (Å²) < 4.78 is 5.88. The molecular weight excluding hydrogens is 410 g/mol. The molecule has 4 heteroatoms. The van der Waals surface area contributed by atoms with Crippen LogP contribution in [0.5, 0.6) is 0 Å². The lowest BCUT2D eigenvalue weighted by Gasteiger charge is -2.53. The Morgan fingerprint density at radius 1 is 0.758 bits per heavy atom. The number of esters is 1. The minimum absolute atomic E-state index is 0.0574. The maximum Gasteiger partial charge on any atom is 0.306 e. The van der Waals surface area contributed by atoms with E-state index in [1.54, 1.807) is 5.06 Å². The smallest absolute Gasteiger partial charge is 0.306 e. The fraction of sp³-hybridized carbons (Fsp3) is 0.966. The first-order chi connectivity index (χ1) is 15.8. The number of nitrogens with zero attached hydrogens (tertiary/aromatic N) is 1. The lowest BCUT2D eigenvalue weighted by Crippen LogP contribution is -2.62. The van der Waals surface area contributed by atoms with Crippen LogP contribution in [0.4, 0.5) is 0 Å². The van der Waals surface area contributed by atoms with Crippen molar-refractivity contribution in [2.24, 2.45) is 0 Å². The molecule has 1 saturated heterocycles. The van der Waals surface area contributed by atoms with Crippen LogP contribution in [-0.2, 0) is 9.53 Å². The number of rotatable bonds is 19. The summed E-state index contributed by atoms with van der Waals surface area (Å²) in [5, 5.41) is 12.3. The van der Waals surface area contributed by atoms with Crippen LogP contribution in [0.25, 0.3) is 0 Å². The number of unbranched alkanes of at least 4 members (excludes halogenated alkanes) is 14. The van der Waals surface area contributed by atoms with Crippen LogP contribution < -0.4 is 0 Å². The highest BCUT2D eigenvalue weighted by molar-refractivity contribution is 5.69. The molecule has 1 N–H and O–H groups in total. The second kappa shape index (κ2) is 16.9. The molecule has 4 nitrogen and oxygen atoms in total. The van der Waals surface area contributed by atoms with Gasteiger partial charge in [-0.05, 0) is 33.1 Å². The third-order valence-corrected chi connectivity index (χ3v) is 7.96. The summed E-state index contributed by atoms with van der Waals surface area (Å²) in [5.74, 6) is -0.0574. The molecule has 1 fully saturated rings. The van der Waals surface area contributed by atoms with Crippen LogP contribution >= 0.6 is 0 Å². The van der Waals surface area contributed by atoms with Crippen LogP contribution in [0.3, 0.4) is 0 Å². The molecule has 0 amide bonds. The van der Waals surface area contributed by atoms with E-state index >= 15 is 0 Å². The molecule has 1 aliphatic rings. The average Bonchev–Trinajstić information content (AvgIpc) is 2.78. The Hall–Kier alpha value is -0.610. The highest BCUT2D eigenvalue weighted by Crippen LogP contribution is 2.42. The van der Waals surface area contributed by atoms with E-state index in [1.165, 1.54) is 83.5 Å². The van der Waals surface area contributed by atoms with Crippen LogP contribution in [0.15, 0.2) is 0 Å². The summed E-state index contributed by atoms with van der Waals surface area (Å²) in [7, 11) is 0. The molecule has 1 heterocycles. The second-order valence-electron chi connectivity index (χ2n) is 11.3. The Morgan fingerprint density at radius 3 is 1.61 bits per heavy atom. The maximum absolute atomic E-state index is 12.4. The van der Waals surface area contributed by atoms with Crippen molar-refractivity contribution < 1.29 is 14.7 Å². The second-order valence-corrected chi connectivity index (χ2v) is 11.3. The van der Waals surface area contributed by atoms with Crippen molar-refractivity contribution in [3.63, 3.8) is 0 Å². The van der Waals surface area contributed by atoms with Crippen LogP contribution in [0.2, 0.25) is 0 Å². The third-order valence-electron chi connectivity index (χ3n) is 7.96. The Balaban J connectivity index is 2.05. The first kappa shape index (κ1) is 30.4. The van der Waals surface area contributed by atoms with Gasteiger partial charge >= 0.3 is 5.97 Å². The zero-order valence-electron chi connectivity index (χ0n) is 22.9. The summed E-state index contributed by atoms with van der Waals surface area (Å²) in [5.41, 5.74) is -0.662. The lowest BCUT2D eigenvalue weighted by molar-refractivity contribution is -0.271. The molecule has 0 bridgehead atoms. The third kappa shape index (κ3) is 11.6. The van der Waals surface area contributed by atoms with Gasteiger partial charge in [-0.3, -0.25) is 4.79 Å². The van der Waals surface area contributed by atoms with Gasteiger partial charge in [0.1, 0.15) is 6.10 Å². The van der Waals surface area contributed by atoms with Crippen molar-refractivity contribution in [3.8, 4) is 0 Å². The molecule has 0 aromatic rings. The molecule has 1 aliphatic heterocycles. The Bertz CT molecular complexity index is 501. The minimum atomic E-state index is -0.371. The monoisotopic (exact) mass is 467 g/mol. The summed E-state index contributed by atoms with van der Waals surface area (Å²) in [6, 6.07) is 0. The average molecular weight is 468 g/mol. The fourth-order valence-electron chi connectivity index (χ4n) is 5.68. The van der Waals surface area contributed by atoms with Gasteiger partial charge in [-0.2, -0.15) is 5.06 Å². The standard InChI is InChI=1S/C29H57NO3/c1-6-9-10-11-12-13-14-15-16-17-18-19-20-21-22-23-27(31)33-26-24-28(4,5)30(32)29(7-2,8-3)25-26/h26,32H,6-25H2,1-5H3. The number of hydrogen-bond acceptors (Lipinski definition) is 4. The van der Waals surface area contributed by atoms with E-state index in [9.17, 15) is 10.0 Å². The zero-order chi connectivity index (χ0) is 24.6.